The molecule has 7 aromatic carbocycles. The maximum atomic E-state index is 6.06. The van der Waals surface area contributed by atoms with Crippen molar-refractivity contribution in [3.8, 4) is 39.1 Å². The van der Waals surface area contributed by atoms with Crippen LogP contribution in [0.15, 0.2) is 188 Å². The summed E-state index contributed by atoms with van der Waals surface area (Å²) in [6.45, 7) is 0.745. The monoisotopic (exact) mass is 774 g/mol. The number of benzene rings is 7. The summed E-state index contributed by atoms with van der Waals surface area (Å²) in [4.78, 5) is 0. The molecule has 0 unspecified atom stereocenters. The van der Waals surface area contributed by atoms with Crippen LogP contribution < -0.4 is 4.74 Å². The molecule has 0 heterocycles. The molecular formula is C49H43IO. The normalized spacial score (nSPS) is 11.3. The third-order valence-corrected chi connectivity index (χ3v) is 10.7. The minimum absolute atomic E-state index is 0.322. The van der Waals surface area contributed by atoms with Gasteiger partial charge in [-0.05, 0) is 110 Å². The quantitative estimate of drug-likeness (QED) is 0.0607. The van der Waals surface area contributed by atoms with Crippen molar-refractivity contribution in [1.82, 2.24) is 0 Å². The molecule has 0 amide bonds. The van der Waals surface area contributed by atoms with Gasteiger partial charge in [-0.2, -0.15) is 0 Å². The Labute approximate surface area is 317 Å². The third kappa shape index (κ3) is 8.35. The van der Waals surface area contributed by atoms with Gasteiger partial charge >= 0.3 is 0 Å². The van der Waals surface area contributed by atoms with Crippen molar-refractivity contribution in [3.63, 3.8) is 0 Å². The Balaban J connectivity index is 1.22. The summed E-state index contributed by atoms with van der Waals surface area (Å²) in [7, 11) is 0. The predicted octanol–water partition coefficient (Wildman–Crippen LogP) is 13.7. The maximum Gasteiger partial charge on any atom is 0.119 e. The predicted molar refractivity (Wildman–Crippen MR) is 223 cm³/mol. The van der Waals surface area contributed by atoms with Gasteiger partial charge in [0.05, 0.1) is 6.61 Å². The molecule has 0 atom stereocenters. The molecule has 0 aliphatic rings. The Morgan fingerprint density at radius 1 is 0.353 bits per heavy atom. The lowest BCUT2D eigenvalue weighted by atomic mass is 9.66. The van der Waals surface area contributed by atoms with Gasteiger partial charge in [-0.15, -0.1) is 0 Å². The van der Waals surface area contributed by atoms with Crippen LogP contribution >= 0.6 is 22.6 Å². The van der Waals surface area contributed by atoms with Gasteiger partial charge in [-0.25, -0.2) is 0 Å². The van der Waals surface area contributed by atoms with E-state index in [-0.39, 0.29) is 5.41 Å². The van der Waals surface area contributed by atoms with E-state index >= 15 is 0 Å². The van der Waals surface area contributed by atoms with Crippen molar-refractivity contribution in [1.29, 1.82) is 0 Å². The van der Waals surface area contributed by atoms with Crippen LogP contribution in [0.25, 0.3) is 33.4 Å². The standard InChI is InChI=1S/C49H43IO/c50-47-32-34-48(35-33-47)51-37-13-2-1-12-36-49(44-26-20-41(21-27-44)38-14-6-3-7-15-38,45-28-22-42(23-29-45)39-16-8-4-9-17-39)46-30-24-43(25-31-46)40-18-10-5-11-19-40/h3-11,14-35H,1-2,12-13,36-37H2. The van der Waals surface area contributed by atoms with Crippen LogP contribution in [0.5, 0.6) is 5.75 Å². The first kappa shape index (κ1) is 34.5. The number of hydrogen-bond donors (Lipinski definition) is 0. The van der Waals surface area contributed by atoms with E-state index in [1.807, 2.05) is 0 Å². The van der Waals surface area contributed by atoms with Gasteiger partial charge in [0.2, 0.25) is 0 Å². The van der Waals surface area contributed by atoms with Crippen LogP contribution in [0.4, 0.5) is 0 Å². The molecule has 0 saturated heterocycles. The lowest BCUT2D eigenvalue weighted by Crippen LogP contribution is -2.29. The minimum atomic E-state index is -0.322. The van der Waals surface area contributed by atoms with E-state index in [0.717, 1.165) is 44.5 Å². The average Bonchev–Trinajstić information content (AvgIpc) is 3.21. The van der Waals surface area contributed by atoms with Gasteiger partial charge in [0, 0.05) is 8.99 Å². The third-order valence-electron chi connectivity index (χ3n) is 9.98. The smallest absolute Gasteiger partial charge is 0.119 e. The van der Waals surface area contributed by atoms with Gasteiger partial charge in [-0.3, -0.25) is 0 Å². The second kappa shape index (κ2) is 16.9. The number of hydrogen-bond acceptors (Lipinski definition) is 1. The average molecular weight is 775 g/mol. The van der Waals surface area contributed by atoms with Crippen molar-refractivity contribution in [3.05, 3.63) is 208 Å². The number of rotatable bonds is 14. The van der Waals surface area contributed by atoms with Crippen LogP contribution in [-0.4, -0.2) is 6.61 Å². The fraction of sp³-hybridized carbons (Fsp3) is 0.143. The molecule has 0 N–H and O–H groups in total. The SMILES string of the molecule is Ic1ccc(OCCCCCCC(c2ccc(-c3ccccc3)cc2)(c2ccc(-c3ccccc3)cc2)c2ccc(-c3ccccc3)cc2)cc1. The highest BCUT2D eigenvalue weighted by atomic mass is 127. The molecule has 1 nitrogen and oxygen atoms in total. The largest absolute Gasteiger partial charge is 0.494 e. The first-order valence-electron chi connectivity index (χ1n) is 18.1. The summed E-state index contributed by atoms with van der Waals surface area (Å²) in [5.41, 5.74) is 11.1. The zero-order chi connectivity index (χ0) is 34.7. The highest BCUT2D eigenvalue weighted by molar-refractivity contribution is 14.1. The molecule has 0 aromatic heterocycles. The fourth-order valence-electron chi connectivity index (χ4n) is 7.23. The second-order valence-corrected chi connectivity index (χ2v) is 14.4. The van der Waals surface area contributed by atoms with E-state index in [9.17, 15) is 0 Å². The summed E-state index contributed by atoms with van der Waals surface area (Å²) >= 11 is 2.33. The van der Waals surface area contributed by atoms with Crippen molar-refractivity contribution in [2.24, 2.45) is 0 Å². The van der Waals surface area contributed by atoms with Crippen LogP contribution in [0.1, 0.15) is 48.8 Å². The summed E-state index contributed by atoms with van der Waals surface area (Å²) < 4.78 is 7.28. The van der Waals surface area contributed by atoms with Crippen LogP contribution in [0.3, 0.4) is 0 Å². The van der Waals surface area contributed by atoms with E-state index in [1.54, 1.807) is 0 Å². The molecule has 0 spiro atoms. The second-order valence-electron chi connectivity index (χ2n) is 13.2. The molecule has 0 bridgehead atoms. The zero-order valence-corrected chi connectivity index (χ0v) is 31.1. The molecule has 7 aromatic rings. The number of unbranched alkanes of at least 4 members (excludes halogenated alkanes) is 3. The maximum absolute atomic E-state index is 6.06. The van der Waals surface area contributed by atoms with Gasteiger partial charge in [-0.1, -0.05) is 183 Å². The van der Waals surface area contributed by atoms with Gasteiger partial charge in [0.1, 0.15) is 5.75 Å². The van der Waals surface area contributed by atoms with E-state index in [4.69, 9.17) is 4.74 Å². The Kier molecular flexibility index (Phi) is 11.4. The van der Waals surface area contributed by atoms with E-state index in [1.165, 1.54) is 53.6 Å². The van der Waals surface area contributed by atoms with Gasteiger partial charge < -0.3 is 4.74 Å². The lowest BCUT2D eigenvalue weighted by Gasteiger charge is -2.37. The lowest BCUT2D eigenvalue weighted by molar-refractivity contribution is 0.303. The topological polar surface area (TPSA) is 9.23 Å². The molecular weight excluding hydrogens is 731 g/mol. The molecule has 252 valence electrons. The first-order valence-corrected chi connectivity index (χ1v) is 19.1. The van der Waals surface area contributed by atoms with Crippen LogP contribution in [-0.2, 0) is 5.41 Å². The van der Waals surface area contributed by atoms with Gasteiger partial charge in [0.15, 0.2) is 0 Å². The van der Waals surface area contributed by atoms with Crippen LogP contribution in [0.2, 0.25) is 0 Å². The first-order chi connectivity index (χ1) is 25.2. The highest BCUT2D eigenvalue weighted by Gasteiger charge is 2.36. The number of ether oxygens (including phenoxy) is 1. The minimum Gasteiger partial charge on any atom is -0.494 e. The molecule has 51 heavy (non-hydrogen) atoms. The molecule has 7 rings (SSSR count). The molecule has 0 saturated carbocycles. The van der Waals surface area contributed by atoms with E-state index in [2.05, 4.69) is 211 Å². The van der Waals surface area contributed by atoms with Crippen LogP contribution in [0, 0.1) is 3.57 Å². The Morgan fingerprint density at radius 2 is 0.706 bits per heavy atom. The van der Waals surface area contributed by atoms with Crippen molar-refractivity contribution in [2.75, 3.05) is 6.61 Å². The molecule has 0 radical (unpaired) electrons. The Bertz CT molecular complexity index is 1870. The molecule has 0 fully saturated rings. The Morgan fingerprint density at radius 3 is 1.10 bits per heavy atom. The molecule has 0 aliphatic heterocycles. The molecule has 2 heteroatoms. The number of halogens is 1. The highest BCUT2D eigenvalue weighted by Crippen LogP contribution is 2.45. The van der Waals surface area contributed by atoms with Crippen molar-refractivity contribution >= 4 is 22.6 Å². The summed E-state index contributed by atoms with van der Waals surface area (Å²) in [6, 6.07) is 68.4. The summed E-state index contributed by atoms with van der Waals surface area (Å²) in [5.74, 6) is 0.950. The van der Waals surface area contributed by atoms with E-state index < -0.39 is 0 Å². The van der Waals surface area contributed by atoms with Gasteiger partial charge in [0.25, 0.3) is 0 Å². The molecule has 0 aliphatic carbocycles. The summed E-state index contributed by atoms with van der Waals surface area (Å²) in [6.07, 6.45) is 5.43. The van der Waals surface area contributed by atoms with E-state index in [0.29, 0.717) is 0 Å². The van der Waals surface area contributed by atoms with Crippen molar-refractivity contribution < 1.29 is 4.74 Å². The summed E-state index contributed by atoms with van der Waals surface area (Å²) in [5, 5.41) is 0. The Hall–Kier alpha value is -4.93. The van der Waals surface area contributed by atoms with Crippen molar-refractivity contribution in [2.45, 2.75) is 37.5 Å². The zero-order valence-electron chi connectivity index (χ0n) is 28.9. The fourth-order valence-corrected chi connectivity index (χ4v) is 7.59.